The van der Waals surface area contributed by atoms with Crippen molar-refractivity contribution >= 4 is 11.9 Å². The zero-order chi connectivity index (χ0) is 18.2. The summed E-state index contributed by atoms with van der Waals surface area (Å²) in [6.07, 6.45) is 4.06. The van der Waals surface area contributed by atoms with Gasteiger partial charge in [-0.05, 0) is 47.9 Å². The molecule has 6 nitrogen and oxygen atoms in total. The fourth-order valence-electron chi connectivity index (χ4n) is 2.26. The Balaban J connectivity index is 1.96. The Kier molecular flexibility index (Phi) is 6.51. The molecule has 1 heterocycles. The average Bonchev–Trinajstić information content (AvgIpc) is 2.64. The second-order valence-corrected chi connectivity index (χ2v) is 5.84. The van der Waals surface area contributed by atoms with Crippen LogP contribution in [-0.4, -0.2) is 28.0 Å². The minimum absolute atomic E-state index is 0.149. The standard InChI is InChI=1S/C19H22N2O4/c1-3-13(2)17(19(23)24)21-18(22)15-4-6-16(7-5-15)25-12-14-8-10-20-11-9-14/h4-11,13,17H,3,12H2,1-2H3,(H,21,22)(H,23,24)/t13-,17-/m0/s1. The number of pyridine rings is 1. The number of carbonyl (C=O) groups excluding carboxylic acids is 1. The van der Waals surface area contributed by atoms with Gasteiger partial charge in [-0.15, -0.1) is 0 Å². The highest BCUT2D eigenvalue weighted by Gasteiger charge is 2.25. The third kappa shape index (κ3) is 5.31. The van der Waals surface area contributed by atoms with Gasteiger partial charge in [-0.1, -0.05) is 20.3 Å². The van der Waals surface area contributed by atoms with Crippen molar-refractivity contribution in [3.8, 4) is 5.75 Å². The van der Waals surface area contributed by atoms with Gasteiger partial charge in [0.2, 0.25) is 0 Å². The zero-order valence-electron chi connectivity index (χ0n) is 14.3. The topological polar surface area (TPSA) is 88.5 Å². The number of ether oxygens (including phenoxy) is 1. The molecule has 0 aliphatic rings. The van der Waals surface area contributed by atoms with Crippen LogP contribution in [0.5, 0.6) is 5.75 Å². The Morgan fingerprint density at radius 2 is 1.80 bits per heavy atom. The molecule has 6 heteroatoms. The maximum Gasteiger partial charge on any atom is 0.326 e. The molecular formula is C19H22N2O4. The van der Waals surface area contributed by atoms with Crippen LogP contribution in [0.4, 0.5) is 0 Å². The summed E-state index contributed by atoms with van der Waals surface area (Å²) in [4.78, 5) is 27.5. The van der Waals surface area contributed by atoms with Crippen LogP contribution >= 0.6 is 0 Å². The molecule has 2 rings (SSSR count). The average molecular weight is 342 g/mol. The van der Waals surface area contributed by atoms with E-state index in [4.69, 9.17) is 4.74 Å². The maximum atomic E-state index is 12.2. The molecule has 0 aliphatic heterocycles. The van der Waals surface area contributed by atoms with Crippen molar-refractivity contribution in [2.45, 2.75) is 32.9 Å². The van der Waals surface area contributed by atoms with Crippen LogP contribution in [0.25, 0.3) is 0 Å². The molecule has 25 heavy (non-hydrogen) atoms. The number of rotatable bonds is 8. The van der Waals surface area contributed by atoms with Crippen molar-refractivity contribution in [2.24, 2.45) is 5.92 Å². The van der Waals surface area contributed by atoms with E-state index in [2.05, 4.69) is 10.3 Å². The van der Waals surface area contributed by atoms with E-state index in [9.17, 15) is 14.7 Å². The van der Waals surface area contributed by atoms with E-state index >= 15 is 0 Å². The number of nitrogens with zero attached hydrogens (tertiary/aromatic N) is 1. The smallest absolute Gasteiger partial charge is 0.326 e. The molecule has 2 N–H and O–H groups in total. The number of hydrogen-bond acceptors (Lipinski definition) is 4. The predicted octanol–water partition coefficient (Wildman–Crippen LogP) is 2.89. The number of amides is 1. The first-order valence-corrected chi connectivity index (χ1v) is 8.16. The third-order valence-corrected chi connectivity index (χ3v) is 4.04. The third-order valence-electron chi connectivity index (χ3n) is 4.04. The summed E-state index contributed by atoms with van der Waals surface area (Å²) < 4.78 is 5.65. The molecule has 0 saturated carbocycles. The normalized spacial score (nSPS) is 12.9. The first kappa shape index (κ1) is 18.4. The minimum Gasteiger partial charge on any atom is -0.489 e. The molecule has 0 aliphatic carbocycles. The van der Waals surface area contributed by atoms with Crippen molar-refractivity contribution in [1.29, 1.82) is 0 Å². The lowest BCUT2D eigenvalue weighted by molar-refractivity contribution is -0.140. The van der Waals surface area contributed by atoms with E-state index in [-0.39, 0.29) is 5.92 Å². The molecule has 0 unspecified atom stereocenters. The van der Waals surface area contributed by atoms with Gasteiger partial charge in [-0.25, -0.2) is 4.79 Å². The maximum absolute atomic E-state index is 12.2. The zero-order valence-corrected chi connectivity index (χ0v) is 14.3. The Hall–Kier alpha value is -2.89. The molecule has 2 aromatic rings. The lowest BCUT2D eigenvalue weighted by atomic mass is 9.99. The van der Waals surface area contributed by atoms with Crippen LogP contribution in [0.1, 0.15) is 36.2 Å². The summed E-state index contributed by atoms with van der Waals surface area (Å²) in [5.74, 6) is -0.956. The van der Waals surface area contributed by atoms with Crippen LogP contribution in [-0.2, 0) is 11.4 Å². The number of carbonyl (C=O) groups is 2. The molecule has 2 atom stereocenters. The SMILES string of the molecule is CC[C@H](C)[C@H](NC(=O)c1ccc(OCc2ccncc2)cc1)C(=O)O. The summed E-state index contributed by atoms with van der Waals surface area (Å²) in [6, 6.07) is 9.44. The summed E-state index contributed by atoms with van der Waals surface area (Å²) >= 11 is 0. The first-order valence-electron chi connectivity index (χ1n) is 8.16. The van der Waals surface area contributed by atoms with Gasteiger partial charge in [-0.3, -0.25) is 9.78 Å². The van der Waals surface area contributed by atoms with E-state index in [1.54, 1.807) is 43.6 Å². The van der Waals surface area contributed by atoms with E-state index in [1.807, 2.05) is 19.1 Å². The number of aromatic nitrogens is 1. The molecular weight excluding hydrogens is 320 g/mol. The van der Waals surface area contributed by atoms with Crippen LogP contribution in [0.3, 0.4) is 0 Å². The molecule has 1 amide bonds. The molecule has 0 spiro atoms. The number of aliphatic carboxylic acids is 1. The second kappa shape index (κ2) is 8.82. The van der Waals surface area contributed by atoms with Crippen molar-refractivity contribution < 1.29 is 19.4 Å². The lowest BCUT2D eigenvalue weighted by Crippen LogP contribution is -2.45. The van der Waals surface area contributed by atoms with E-state index in [1.165, 1.54) is 0 Å². The van der Waals surface area contributed by atoms with Crippen molar-refractivity contribution in [3.63, 3.8) is 0 Å². The number of benzene rings is 1. The molecule has 0 radical (unpaired) electrons. The van der Waals surface area contributed by atoms with Gasteiger partial charge in [0, 0.05) is 18.0 Å². The highest BCUT2D eigenvalue weighted by atomic mass is 16.5. The summed E-state index contributed by atoms with van der Waals surface area (Å²) in [6.45, 7) is 4.10. The minimum atomic E-state index is -1.03. The highest BCUT2D eigenvalue weighted by molar-refractivity contribution is 5.96. The number of nitrogens with one attached hydrogen (secondary N) is 1. The van der Waals surface area contributed by atoms with Crippen LogP contribution < -0.4 is 10.1 Å². The summed E-state index contributed by atoms with van der Waals surface area (Å²) in [5.41, 5.74) is 1.39. The fourth-order valence-corrected chi connectivity index (χ4v) is 2.26. The predicted molar refractivity (Wildman–Crippen MR) is 93.4 cm³/mol. The first-order chi connectivity index (χ1) is 12.0. The Morgan fingerprint density at radius 1 is 1.16 bits per heavy atom. The number of carboxylic acid groups (broad SMARTS) is 1. The quantitative estimate of drug-likeness (QED) is 0.770. The molecule has 0 fully saturated rings. The highest BCUT2D eigenvalue weighted by Crippen LogP contribution is 2.15. The van der Waals surface area contributed by atoms with E-state index in [0.29, 0.717) is 24.3 Å². The second-order valence-electron chi connectivity index (χ2n) is 5.84. The van der Waals surface area contributed by atoms with Gasteiger partial charge in [0.1, 0.15) is 18.4 Å². The molecule has 0 bridgehead atoms. The van der Waals surface area contributed by atoms with Crippen LogP contribution in [0.2, 0.25) is 0 Å². The lowest BCUT2D eigenvalue weighted by Gasteiger charge is -2.20. The van der Waals surface area contributed by atoms with Crippen molar-refractivity contribution in [1.82, 2.24) is 10.3 Å². The van der Waals surface area contributed by atoms with Gasteiger partial charge in [0.25, 0.3) is 5.91 Å². The van der Waals surface area contributed by atoms with Crippen LogP contribution in [0, 0.1) is 5.92 Å². The largest absolute Gasteiger partial charge is 0.489 e. The van der Waals surface area contributed by atoms with E-state index in [0.717, 1.165) is 5.56 Å². The molecule has 1 aromatic heterocycles. The van der Waals surface area contributed by atoms with Crippen molar-refractivity contribution in [2.75, 3.05) is 0 Å². The summed E-state index contributed by atoms with van der Waals surface area (Å²) in [7, 11) is 0. The fraction of sp³-hybridized carbons (Fsp3) is 0.316. The summed E-state index contributed by atoms with van der Waals surface area (Å²) in [5, 5.41) is 11.8. The number of hydrogen-bond donors (Lipinski definition) is 2. The van der Waals surface area contributed by atoms with Gasteiger partial charge in [0.05, 0.1) is 0 Å². The van der Waals surface area contributed by atoms with Crippen LogP contribution in [0.15, 0.2) is 48.8 Å². The van der Waals surface area contributed by atoms with Gasteiger partial charge in [-0.2, -0.15) is 0 Å². The Bertz CT molecular complexity index is 701. The Morgan fingerprint density at radius 3 is 2.36 bits per heavy atom. The van der Waals surface area contributed by atoms with E-state index < -0.39 is 17.9 Å². The molecule has 1 aromatic carbocycles. The molecule has 132 valence electrons. The monoisotopic (exact) mass is 342 g/mol. The Labute approximate surface area is 146 Å². The van der Waals surface area contributed by atoms with Gasteiger partial charge in [0.15, 0.2) is 0 Å². The molecule has 0 saturated heterocycles. The number of carboxylic acids is 1. The van der Waals surface area contributed by atoms with Crippen molar-refractivity contribution in [3.05, 3.63) is 59.9 Å². The van der Waals surface area contributed by atoms with Gasteiger partial charge >= 0.3 is 5.97 Å². The van der Waals surface area contributed by atoms with Gasteiger partial charge < -0.3 is 15.2 Å².